The Morgan fingerprint density at radius 2 is 1.71 bits per heavy atom. The number of carbonyl (C=O) groups is 1. The SMILES string of the molecule is CCCCCCCC=CC(=O)N1CCN(c2ccc(F)cc2)CC1. The maximum absolute atomic E-state index is 13.0. The number of piperazine rings is 1. The van der Waals surface area contributed by atoms with Crippen LogP contribution in [0.4, 0.5) is 10.1 Å². The second kappa shape index (κ2) is 10.1. The van der Waals surface area contributed by atoms with Gasteiger partial charge in [0.1, 0.15) is 5.82 Å². The van der Waals surface area contributed by atoms with Crippen LogP contribution < -0.4 is 4.90 Å². The van der Waals surface area contributed by atoms with Crippen molar-refractivity contribution in [3.05, 3.63) is 42.2 Å². The van der Waals surface area contributed by atoms with Crippen LogP contribution in [0.15, 0.2) is 36.4 Å². The molecule has 1 fully saturated rings. The van der Waals surface area contributed by atoms with E-state index in [-0.39, 0.29) is 11.7 Å². The first kappa shape index (κ1) is 18.5. The first-order valence-corrected chi connectivity index (χ1v) is 9.16. The van der Waals surface area contributed by atoms with Gasteiger partial charge in [0, 0.05) is 31.9 Å². The molecule has 4 heteroatoms. The number of rotatable bonds is 8. The summed E-state index contributed by atoms with van der Waals surface area (Å²) >= 11 is 0. The average Bonchev–Trinajstić information content (AvgIpc) is 2.61. The van der Waals surface area contributed by atoms with Crippen LogP contribution in [-0.4, -0.2) is 37.0 Å². The molecule has 1 aliphatic heterocycles. The van der Waals surface area contributed by atoms with E-state index in [1.807, 2.05) is 11.0 Å². The Morgan fingerprint density at radius 3 is 2.38 bits per heavy atom. The molecular weight excluding hydrogens is 303 g/mol. The number of anilines is 1. The van der Waals surface area contributed by atoms with Crippen LogP contribution in [0.2, 0.25) is 0 Å². The van der Waals surface area contributed by atoms with E-state index in [4.69, 9.17) is 0 Å². The number of hydrogen-bond acceptors (Lipinski definition) is 2. The Labute approximate surface area is 145 Å². The number of unbranched alkanes of at least 4 members (excludes halogenated alkanes) is 5. The van der Waals surface area contributed by atoms with Gasteiger partial charge >= 0.3 is 0 Å². The lowest BCUT2D eigenvalue weighted by molar-refractivity contribution is -0.126. The molecule has 0 saturated carbocycles. The summed E-state index contributed by atoms with van der Waals surface area (Å²) in [5, 5.41) is 0. The molecule has 0 aliphatic carbocycles. The Hall–Kier alpha value is -1.84. The zero-order valence-corrected chi connectivity index (χ0v) is 14.7. The molecule has 2 rings (SSSR count). The Kier molecular flexibility index (Phi) is 7.80. The van der Waals surface area contributed by atoms with Crippen molar-refractivity contribution < 1.29 is 9.18 Å². The number of halogens is 1. The summed E-state index contributed by atoms with van der Waals surface area (Å²) in [6.45, 7) is 5.24. The van der Waals surface area contributed by atoms with Crippen molar-refractivity contribution in [1.82, 2.24) is 4.90 Å². The molecule has 1 aliphatic rings. The van der Waals surface area contributed by atoms with Crippen molar-refractivity contribution >= 4 is 11.6 Å². The number of amides is 1. The molecular formula is C20H29FN2O. The minimum Gasteiger partial charge on any atom is -0.368 e. The van der Waals surface area contributed by atoms with Crippen molar-refractivity contribution in [3.8, 4) is 0 Å². The highest BCUT2D eigenvalue weighted by atomic mass is 19.1. The molecule has 1 aromatic rings. The fourth-order valence-corrected chi connectivity index (χ4v) is 2.99. The summed E-state index contributed by atoms with van der Waals surface area (Å²) in [7, 11) is 0. The van der Waals surface area contributed by atoms with E-state index < -0.39 is 0 Å². The highest BCUT2D eigenvalue weighted by Gasteiger charge is 2.19. The van der Waals surface area contributed by atoms with E-state index in [2.05, 4.69) is 11.8 Å². The third-order valence-corrected chi connectivity index (χ3v) is 4.52. The van der Waals surface area contributed by atoms with E-state index >= 15 is 0 Å². The number of nitrogens with zero attached hydrogens (tertiary/aromatic N) is 2. The summed E-state index contributed by atoms with van der Waals surface area (Å²) in [5.74, 6) is -0.102. The van der Waals surface area contributed by atoms with Gasteiger partial charge in [-0.3, -0.25) is 4.79 Å². The van der Waals surface area contributed by atoms with Crippen molar-refractivity contribution in [3.63, 3.8) is 0 Å². The molecule has 0 spiro atoms. The van der Waals surface area contributed by atoms with Gasteiger partial charge in [-0.15, -0.1) is 0 Å². The monoisotopic (exact) mass is 332 g/mol. The van der Waals surface area contributed by atoms with Gasteiger partial charge in [-0.25, -0.2) is 4.39 Å². The zero-order valence-electron chi connectivity index (χ0n) is 14.7. The minimum atomic E-state index is -0.215. The third kappa shape index (κ3) is 5.99. The highest BCUT2D eigenvalue weighted by Crippen LogP contribution is 2.17. The quantitative estimate of drug-likeness (QED) is 0.521. The lowest BCUT2D eigenvalue weighted by Crippen LogP contribution is -2.48. The molecule has 0 aromatic heterocycles. The minimum absolute atomic E-state index is 0.113. The van der Waals surface area contributed by atoms with Gasteiger partial charge in [-0.05, 0) is 43.2 Å². The molecule has 0 N–H and O–H groups in total. The van der Waals surface area contributed by atoms with Gasteiger partial charge in [0.2, 0.25) is 5.91 Å². The smallest absolute Gasteiger partial charge is 0.246 e. The Morgan fingerprint density at radius 1 is 1.04 bits per heavy atom. The number of benzene rings is 1. The van der Waals surface area contributed by atoms with Crippen molar-refractivity contribution in [2.24, 2.45) is 0 Å². The molecule has 0 atom stereocenters. The van der Waals surface area contributed by atoms with Crippen LogP contribution >= 0.6 is 0 Å². The van der Waals surface area contributed by atoms with Crippen LogP contribution in [0.25, 0.3) is 0 Å². The Bertz CT molecular complexity index is 519. The molecule has 0 radical (unpaired) electrons. The van der Waals surface area contributed by atoms with Gasteiger partial charge in [0.15, 0.2) is 0 Å². The summed E-state index contributed by atoms with van der Waals surface area (Å²) in [6, 6.07) is 6.56. The van der Waals surface area contributed by atoms with Crippen LogP contribution in [-0.2, 0) is 4.79 Å². The molecule has 0 bridgehead atoms. The maximum Gasteiger partial charge on any atom is 0.246 e. The molecule has 132 valence electrons. The highest BCUT2D eigenvalue weighted by molar-refractivity contribution is 5.87. The molecule has 0 unspecified atom stereocenters. The summed E-state index contributed by atoms with van der Waals surface area (Å²) in [5.41, 5.74) is 1.02. The van der Waals surface area contributed by atoms with E-state index in [9.17, 15) is 9.18 Å². The topological polar surface area (TPSA) is 23.6 Å². The third-order valence-electron chi connectivity index (χ3n) is 4.52. The van der Waals surface area contributed by atoms with Gasteiger partial charge in [-0.1, -0.05) is 38.7 Å². The number of allylic oxidation sites excluding steroid dienone is 1. The van der Waals surface area contributed by atoms with E-state index in [0.717, 1.165) is 38.3 Å². The maximum atomic E-state index is 13.0. The standard InChI is InChI=1S/C20H29FN2O/c1-2-3-4-5-6-7-8-9-20(24)23-16-14-22(15-17-23)19-12-10-18(21)11-13-19/h8-13H,2-7,14-17H2,1H3. The lowest BCUT2D eigenvalue weighted by atomic mass is 10.1. The van der Waals surface area contributed by atoms with Crippen molar-refractivity contribution in [2.45, 2.75) is 45.4 Å². The van der Waals surface area contributed by atoms with E-state index in [1.54, 1.807) is 18.2 Å². The van der Waals surface area contributed by atoms with Gasteiger partial charge in [0.25, 0.3) is 0 Å². The molecule has 1 heterocycles. The largest absolute Gasteiger partial charge is 0.368 e. The van der Waals surface area contributed by atoms with Gasteiger partial charge in [0.05, 0.1) is 0 Å². The molecule has 1 amide bonds. The summed E-state index contributed by atoms with van der Waals surface area (Å²) < 4.78 is 13.0. The molecule has 1 saturated heterocycles. The molecule has 1 aromatic carbocycles. The fourth-order valence-electron chi connectivity index (χ4n) is 2.99. The van der Waals surface area contributed by atoms with E-state index in [0.29, 0.717) is 0 Å². The van der Waals surface area contributed by atoms with Crippen LogP contribution in [0.5, 0.6) is 0 Å². The number of carbonyl (C=O) groups excluding carboxylic acids is 1. The van der Waals surface area contributed by atoms with Gasteiger partial charge in [-0.2, -0.15) is 0 Å². The lowest BCUT2D eigenvalue weighted by Gasteiger charge is -2.35. The first-order chi connectivity index (χ1) is 11.7. The normalized spacial score (nSPS) is 15.2. The van der Waals surface area contributed by atoms with Crippen LogP contribution in [0, 0.1) is 5.82 Å². The van der Waals surface area contributed by atoms with Crippen molar-refractivity contribution in [1.29, 1.82) is 0 Å². The summed E-state index contributed by atoms with van der Waals surface area (Å²) in [6.07, 6.45) is 11.0. The molecule has 3 nitrogen and oxygen atoms in total. The van der Waals surface area contributed by atoms with E-state index in [1.165, 1.54) is 44.2 Å². The average molecular weight is 332 g/mol. The second-order valence-corrected chi connectivity index (χ2v) is 6.39. The second-order valence-electron chi connectivity index (χ2n) is 6.39. The molecule has 24 heavy (non-hydrogen) atoms. The number of hydrogen-bond donors (Lipinski definition) is 0. The predicted molar refractivity (Wildman–Crippen MR) is 97.7 cm³/mol. The van der Waals surface area contributed by atoms with Crippen LogP contribution in [0.3, 0.4) is 0 Å². The van der Waals surface area contributed by atoms with Gasteiger partial charge < -0.3 is 9.80 Å². The summed E-state index contributed by atoms with van der Waals surface area (Å²) in [4.78, 5) is 16.3. The first-order valence-electron chi connectivity index (χ1n) is 9.16. The zero-order chi connectivity index (χ0) is 17.2. The predicted octanol–water partition coefficient (Wildman–Crippen LogP) is 4.39. The van der Waals surface area contributed by atoms with Crippen molar-refractivity contribution in [2.75, 3.05) is 31.1 Å². The fraction of sp³-hybridized carbons (Fsp3) is 0.550. The Balaban J connectivity index is 1.67. The van der Waals surface area contributed by atoms with Crippen LogP contribution in [0.1, 0.15) is 45.4 Å².